The van der Waals surface area contributed by atoms with Gasteiger partial charge >= 0.3 is 6.09 Å². The third-order valence-corrected chi connectivity index (χ3v) is 2.60. The third kappa shape index (κ3) is 4.94. The van der Waals surface area contributed by atoms with Crippen molar-refractivity contribution in [2.45, 2.75) is 52.7 Å². The quantitative estimate of drug-likeness (QED) is 0.748. The number of carbonyl (C=O) groups is 1. The van der Waals surface area contributed by atoms with E-state index in [-0.39, 0.29) is 12.1 Å². The second kappa shape index (κ2) is 5.71. The van der Waals surface area contributed by atoms with Gasteiger partial charge in [-0.25, -0.2) is 4.79 Å². The summed E-state index contributed by atoms with van der Waals surface area (Å²) in [7, 11) is 0. The molecule has 0 N–H and O–H groups in total. The Morgan fingerprint density at radius 3 is 2.65 bits per heavy atom. The predicted octanol–water partition coefficient (Wildman–Crippen LogP) is 2.67. The second-order valence-electron chi connectivity index (χ2n) is 6.03. The van der Waals surface area contributed by atoms with E-state index in [1.807, 2.05) is 25.7 Å². The number of ether oxygens (including phenoxy) is 2. The molecule has 1 amide bonds. The lowest BCUT2D eigenvalue weighted by Crippen LogP contribution is -2.50. The molecule has 1 aliphatic heterocycles. The summed E-state index contributed by atoms with van der Waals surface area (Å²) >= 11 is 0. The number of hydrogen-bond donors (Lipinski definition) is 0. The van der Waals surface area contributed by atoms with Crippen LogP contribution in [0.2, 0.25) is 0 Å². The zero-order valence-corrected chi connectivity index (χ0v) is 11.7. The molecule has 0 saturated carbocycles. The first-order chi connectivity index (χ1) is 7.79. The number of rotatable bonds is 2. The van der Waals surface area contributed by atoms with Gasteiger partial charge in [-0.05, 0) is 33.1 Å². The van der Waals surface area contributed by atoms with Gasteiger partial charge in [0.2, 0.25) is 0 Å². The Bertz CT molecular complexity index is 258. The van der Waals surface area contributed by atoms with Crippen LogP contribution < -0.4 is 0 Å². The van der Waals surface area contributed by atoms with E-state index in [0.717, 1.165) is 6.42 Å². The molecule has 1 saturated heterocycles. The Labute approximate surface area is 104 Å². The van der Waals surface area contributed by atoms with Gasteiger partial charge in [-0.1, -0.05) is 13.8 Å². The highest BCUT2D eigenvalue weighted by Crippen LogP contribution is 2.19. The molecule has 1 rings (SSSR count). The number of amides is 1. The molecule has 0 aromatic carbocycles. The standard InChI is InChI=1S/C13H25NO3/c1-10(2)8-11-9-16-7-6-14(11)12(15)17-13(3,4)5/h10-11H,6-9H2,1-5H3/t11-/m1/s1. The molecule has 0 bridgehead atoms. The van der Waals surface area contributed by atoms with Gasteiger partial charge in [0.15, 0.2) is 0 Å². The van der Waals surface area contributed by atoms with E-state index < -0.39 is 5.60 Å². The fraction of sp³-hybridized carbons (Fsp3) is 0.923. The fourth-order valence-electron chi connectivity index (χ4n) is 1.96. The van der Waals surface area contributed by atoms with Gasteiger partial charge in [-0.2, -0.15) is 0 Å². The minimum atomic E-state index is -0.433. The van der Waals surface area contributed by atoms with Crippen LogP contribution in [0.4, 0.5) is 4.79 Å². The Morgan fingerprint density at radius 1 is 1.47 bits per heavy atom. The first kappa shape index (κ1) is 14.3. The van der Waals surface area contributed by atoms with E-state index in [1.54, 1.807) is 0 Å². The molecule has 0 spiro atoms. The highest BCUT2D eigenvalue weighted by atomic mass is 16.6. The molecule has 0 unspecified atom stereocenters. The van der Waals surface area contributed by atoms with Crippen LogP contribution in [0.1, 0.15) is 41.0 Å². The normalized spacial score (nSPS) is 21.8. The first-order valence-electron chi connectivity index (χ1n) is 6.37. The average molecular weight is 243 g/mol. The fourth-order valence-corrected chi connectivity index (χ4v) is 1.96. The Kier molecular flexibility index (Phi) is 4.80. The van der Waals surface area contributed by atoms with Crippen molar-refractivity contribution in [1.29, 1.82) is 0 Å². The van der Waals surface area contributed by atoms with Crippen LogP contribution in [0.25, 0.3) is 0 Å². The lowest BCUT2D eigenvalue weighted by molar-refractivity contribution is -0.0363. The number of morpholine rings is 1. The summed E-state index contributed by atoms with van der Waals surface area (Å²) in [5.74, 6) is 0.548. The van der Waals surface area contributed by atoms with Crippen LogP contribution in [0.15, 0.2) is 0 Å². The monoisotopic (exact) mass is 243 g/mol. The van der Waals surface area contributed by atoms with Crippen molar-refractivity contribution in [3.8, 4) is 0 Å². The maximum absolute atomic E-state index is 12.1. The van der Waals surface area contributed by atoms with Gasteiger partial charge in [0, 0.05) is 6.54 Å². The van der Waals surface area contributed by atoms with Crippen LogP contribution in [0.3, 0.4) is 0 Å². The molecule has 0 aromatic rings. The van der Waals surface area contributed by atoms with Crippen molar-refractivity contribution in [2.24, 2.45) is 5.92 Å². The van der Waals surface area contributed by atoms with Crippen molar-refractivity contribution in [2.75, 3.05) is 19.8 Å². The van der Waals surface area contributed by atoms with Crippen molar-refractivity contribution < 1.29 is 14.3 Å². The van der Waals surface area contributed by atoms with E-state index in [2.05, 4.69) is 13.8 Å². The number of carbonyl (C=O) groups excluding carboxylic acids is 1. The largest absolute Gasteiger partial charge is 0.444 e. The topological polar surface area (TPSA) is 38.8 Å². The van der Waals surface area contributed by atoms with Gasteiger partial charge in [0.05, 0.1) is 19.3 Å². The molecular weight excluding hydrogens is 218 g/mol. The summed E-state index contributed by atoms with van der Waals surface area (Å²) in [6, 6.07) is 0.151. The molecule has 100 valence electrons. The van der Waals surface area contributed by atoms with Crippen LogP contribution in [0.5, 0.6) is 0 Å². The van der Waals surface area contributed by atoms with Crippen molar-refractivity contribution in [1.82, 2.24) is 4.90 Å². The summed E-state index contributed by atoms with van der Waals surface area (Å²) < 4.78 is 10.9. The SMILES string of the molecule is CC(C)C[C@@H]1COCCN1C(=O)OC(C)(C)C. The van der Waals surface area contributed by atoms with Crippen LogP contribution >= 0.6 is 0 Å². The smallest absolute Gasteiger partial charge is 0.410 e. The van der Waals surface area contributed by atoms with Gasteiger partial charge in [-0.3, -0.25) is 0 Å². The molecule has 17 heavy (non-hydrogen) atoms. The van der Waals surface area contributed by atoms with Crippen LogP contribution in [-0.2, 0) is 9.47 Å². The number of hydrogen-bond acceptors (Lipinski definition) is 3. The van der Waals surface area contributed by atoms with Crippen LogP contribution in [0, 0.1) is 5.92 Å². The third-order valence-electron chi connectivity index (χ3n) is 2.60. The summed E-state index contributed by atoms with van der Waals surface area (Å²) in [5, 5.41) is 0. The molecule has 0 aromatic heterocycles. The molecule has 4 heteroatoms. The molecule has 1 atom stereocenters. The lowest BCUT2D eigenvalue weighted by atomic mass is 10.0. The average Bonchev–Trinajstić information content (AvgIpc) is 2.14. The first-order valence-corrected chi connectivity index (χ1v) is 6.37. The molecule has 1 heterocycles. The molecule has 4 nitrogen and oxygen atoms in total. The minimum Gasteiger partial charge on any atom is -0.444 e. The maximum Gasteiger partial charge on any atom is 0.410 e. The van der Waals surface area contributed by atoms with Crippen molar-refractivity contribution in [3.63, 3.8) is 0 Å². The summed E-state index contributed by atoms with van der Waals surface area (Å²) in [4.78, 5) is 13.9. The molecule has 1 fully saturated rings. The van der Waals surface area contributed by atoms with E-state index in [9.17, 15) is 4.79 Å². The summed E-state index contributed by atoms with van der Waals surface area (Å²) in [6.45, 7) is 11.8. The van der Waals surface area contributed by atoms with Gasteiger partial charge in [-0.15, -0.1) is 0 Å². The minimum absolute atomic E-state index is 0.151. The Balaban J connectivity index is 2.61. The highest BCUT2D eigenvalue weighted by Gasteiger charge is 2.31. The summed E-state index contributed by atoms with van der Waals surface area (Å²) in [5.41, 5.74) is -0.433. The zero-order valence-electron chi connectivity index (χ0n) is 11.7. The van der Waals surface area contributed by atoms with Gasteiger partial charge in [0.1, 0.15) is 5.60 Å². The van der Waals surface area contributed by atoms with Crippen LogP contribution in [-0.4, -0.2) is 42.4 Å². The Morgan fingerprint density at radius 2 is 2.12 bits per heavy atom. The lowest BCUT2D eigenvalue weighted by Gasteiger charge is -2.37. The molecule has 0 aliphatic carbocycles. The van der Waals surface area contributed by atoms with E-state index in [1.165, 1.54) is 0 Å². The van der Waals surface area contributed by atoms with Crippen molar-refractivity contribution in [3.05, 3.63) is 0 Å². The van der Waals surface area contributed by atoms with Gasteiger partial charge < -0.3 is 14.4 Å². The molecule has 1 aliphatic rings. The van der Waals surface area contributed by atoms with Gasteiger partial charge in [0.25, 0.3) is 0 Å². The van der Waals surface area contributed by atoms with Crippen molar-refractivity contribution >= 4 is 6.09 Å². The molecule has 0 radical (unpaired) electrons. The highest BCUT2D eigenvalue weighted by molar-refractivity contribution is 5.68. The van der Waals surface area contributed by atoms with E-state index in [0.29, 0.717) is 25.7 Å². The molecular formula is C13H25NO3. The maximum atomic E-state index is 12.1. The summed E-state index contributed by atoms with van der Waals surface area (Å²) in [6.07, 6.45) is 0.741. The van der Waals surface area contributed by atoms with E-state index in [4.69, 9.17) is 9.47 Å². The predicted molar refractivity (Wildman–Crippen MR) is 67.0 cm³/mol. The Hall–Kier alpha value is -0.770. The number of nitrogens with zero attached hydrogens (tertiary/aromatic N) is 1. The zero-order chi connectivity index (χ0) is 13.1. The van der Waals surface area contributed by atoms with E-state index >= 15 is 0 Å². The second-order valence-corrected chi connectivity index (χ2v) is 6.03.